The Morgan fingerprint density at radius 1 is 1.18 bits per heavy atom. The monoisotopic (exact) mass is 404 g/mol. The SMILES string of the molecule is COc1cc(C(=O)Nc2ncccc2OCC2CCCCC2)cc(Cl)c1OC. The number of methoxy groups -OCH3 is 2. The van der Waals surface area contributed by atoms with E-state index in [4.69, 9.17) is 25.8 Å². The number of ether oxygens (including phenoxy) is 3. The molecule has 6 nitrogen and oxygen atoms in total. The molecule has 7 heteroatoms. The number of benzene rings is 1. The van der Waals surface area contributed by atoms with Gasteiger partial charge in [-0.15, -0.1) is 0 Å². The molecule has 1 amide bonds. The molecule has 28 heavy (non-hydrogen) atoms. The highest BCUT2D eigenvalue weighted by Gasteiger charge is 2.18. The number of halogens is 1. The topological polar surface area (TPSA) is 69.7 Å². The molecule has 2 aromatic rings. The van der Waals surface area contributed by atoms with Gasteiger partial charge in [0.25, 0.3) is 5.91 Å². The summed E-state index contributed by atoms with van der Waals surface area (Å²) in [7, 11) is 2.99. The Balaban J connectivity index is 1.73. The number of anilines is 1. The number of nitrogens with one attached hydrogen (secondary N) is 1. The standard InChI is InChI=1S/C21H25ClN2O4/c1-26-18-12-15(11-16(22)19(18)27-2)21(25)24-20-17(9-6-10-23-20)28-13-14-7-4-3-5-8-14/h6,9-12,14H,3-5,7-8,13H2,1-2H3,(H,23,24,25). The van der Waals surface area contributed by atoms with Gasteiger partial charge in [0.2, 0.25) is 0 Å². The zero-order valence-corrected chi connectivity index (χ0v) is 16.9. The summed E-state index contributed by atoms with van der Waals surface area (Å²) in [4.78, 5) is 17.0. The van der Waals surface area contributed by atoms with Gasteiger partial charge in [-0.2, -0.15) is 0 Å². The quantitative estimate of drug-likeness (QED) is 0.705. The van der Waals surface area contributed by atoms with Crippen LogP contribution in [0.3, 0.4) is 0 Å². The predicted octanol–water partition coefficient (Wildman–Crippen LogP) is 4.96. The van der Waals surface area contributed by atoms with Crippen LogP contribution >= 0.6 is 11.6 Å². The molecule has 0 aliphatic heterocycles. The average molecular weight is 405 g/mol. The fourth-order valence-electron chi connectivity index (χ4n) is 3.39. The van der Waals surface area contributed by atoms with E-state index in [0.717, 1.165) is 0 Å². The summed E-state index contributed by atoms with van der Waals surface area (Å²) in [5.74, 6) is 1.92. The van der Waals surface area contributed by atoms with Crippen molar-refractivity contribution in [2.45, 2.75) is 32.1 Å². The molecule has 0 saturated heterocycles. The van der Waals surface area contributed by atoms with E-state index in [0.29, 0.717) is 46.2 Å². The molecule has 1 aliphatic carbocycles. The van der Waals surface area contributed by atoms with Gasteiger partial charge < -0.3 is 19.5 Å². The van der Waals surface area contributed by atoms with E-state index in [9.17, 15) is 4.79 Å². The molecule has 1 aromatic carbocycles. The molecule has 1 saturated carbocycles. The van der Waals surface area contributed by atoms with Crippen LogP contribution in [0.1, 0.15) is 42.5 Å². The zero-order valence-electron chi connectivity index (χ0n) is 16.2. The number of rotatable bonds is 7. The number of pyridine rings is 1. The predicted molar refractivity (Wildman–Crippen MR) is 109 cm³/mol. The fraction of sp³-hybridized carbons (Fsp3) is 0.429. The van der Waals surface area contributed by atoms with Crippen LogP contribution in [0.4, 0.5) is 5.82 Å². The third-order valence-corrected chi connectivity index (χ3v) is 5.18. The molecule has 3 rings (SSSR count). The lowest BCUT2D eigenvalue weighted by molar-refractivity contribution is 0.102. The molecule has 1 fully saturated rings. The van der Waals surface area contributed by atoms with E-state index < -0.39 is 0 Å². The molecule has 150 valence electrons. The van der Waals surface area contributed by atoms with Crippen LogP contribution in [-0.4, -0.2) is 31.7 Å². The van der Waals surface area contributed by atoms with Gasteiger partial charge in [0.15, 0.2) is 23.1 Å². The Kier molecular flexibility index (Phi) is 6.98. The van der Waals surface area contributed by atoms with Crippen LogP contribution in [0.5, 0.6) is 17.2 Å². The number of amides is 1. The first kappa shape index (κ1) is 20.3. The van der Waals surface area contributed by atoms with Gasteiger partial charge in [-0.25, -0.2) is 4.98 Å². The van der Waals surface area contributed by atoms with Crippen molar-refractivity contribution < 1.29 is 19.0 Å². The molecule has 1 heterocycles. The van der Waals surface area contributed by atoms with Crippen molar-refractivity contribution in [3.63, 3.8) is 0 Å². The number of aromatic nitrogens is 1. The van der Waals surface area contributed by atoms with Crippen LogP contribution < -0.4 is 19.5 Å². The van der Waals surface area contributed by atoms with Crippen LogP contribution in [-0.2, 0) is 0 Å². The van der Waals surface area contributed by atoms with Crippen molar-refractivity contribution in [3.8, 4) is 17.2 Å². The maximum absolute atomic E-state index is 12.7. The first-order valence-electron chi connectivity index (χ1n) is 9.43. The Bertz CT molecular complexity index is 822. The summed E-state index contributed by atoms with van der Waals surface area (Å²) in [6.07, 6.45) is 7.80. The Morgan fingerprint density at radius 2 is 1.96 bits per heavy atom. The first-order valence-corrected chi connectivity index (χ1v) is 9.81. The number of hydrogen-bond acceptors (Lipinski definition) is 5. The largest absolute Gasteiger partial charge is 0.493 e. The van der Waals surface area contributed by atoms with Gasteiger partial charge in [-0.1, -0.05) is 30.9 Å². The third kappa shape index (κ3) is 4.87. The van der Waals surface area contributed by atoms with Crippen LogP contribution in [0, 0.1) is 5.92 Å². The smallest absolute Gasteiger partial charge is 0.257 e. The van der Waals surface area contributed by atoms with Crippen LogP contribution in [0.25, 0.3) is 0 Å². The Labute approximate surface area is 170 Å². The van der Waals surface area contributed by atoms with Gasteiger partial charge in [-0.05, 0) is 43.0 Å². The molecular weight excluding hydrogens is 380 g/mol. The average Bonchev–Trinajstić information content (AvgIpc) is 2.73. The first-order chi connectivity index (χ1) is 13.6. The lowest BCUT2D eigenvalue weighted by Gasteiger charge is -2.22. The Hall–Kier alpha value is -2.47. The van der Waals surface area contributed by atoms with E-state index in [2.05, 4.69) is 10.3 Å². The minimum atomic E-state index is -0.357. The van der Waals surface area contributed by atoms with Crippen molar-refractivity contribution in [2.75, 3.05) is 26.1 Å². The molecule has 0 bridgehead atoms. The van der Waals surface area contributed by atoms with Gasteiger partial charge >= 0.3 is 0 Å². The zero-order chi connectivity index (χ0) is 19.9. The highest BCUT2D eigenvalue weighted by Crippen LogP contribution is 2.36. The van der Waals surface area contributed by atoms with Gasteiger partial charge in [0.1, 0.15) is 0 Å². The van der Waals surface area contributed by atoms with E-state index in [1.165, 1.54) is 52.4 Å². The van der Waals surface area contributed by atoms with E-state index in [1.807, 2.05) is 6.07 Å². The van der Waals surface area contributed by atoms with Crippen molar-refractivity contribution in [1.29, 1.82) is 0 Å². The molecule has 0 atom stereocenters. The van der Waals surface area contributed by atoms with Crippen LogP contribution in [0.15, 0.2) is 30.5 Å². The Morgan fingerprint density at radius 3 is 2.68 bits per heavy atom. The second-order valence-electron chi connectivity index (χ2n) is 6.81. The number of carbonyl (C=O) groups excluding carboxylic acids is 1. The minimum absolute atomic E-state index is 0.293. The molecule has 1 N–H and O–H groups in total. The van der Waals surface area contributed by atoms with Gasteiger partial charge in [0, 0.05) is 11.8 Å². The van der Waals surface area contributed by atoms with Crippen molar-refractivity contribution in [2.24, 2.45) is 5.92 Å². The van der Waals surface area contributed by atoms with Crippen molar-refractivity contribution >= 4 is 23.3 Å². The molecule has 0 radical (unpaired) electrons. The summed E-state index contributed by atoms with van der Waals surface area (Å²) in [6.45, 7) is 0.636. The summed E-state index contributed by atoms with van der Waals surface area (Å²) >= 11 is 6.20. The molecular formula is C21H25ClN2O4. The molecule has 0 unspecified atom stereocenters. The highest BCUT2D eigenvalue weighted by atomic mass is 35.5. The molecule has 1 aliphatic rings. The fourth-order valence-corrected chi connectivity index (χ4v) is 3.68. The molecule has 0 spiro atoms. The van der Waals surface area contributed by atoms with Crippen molar-refractivity contribution in [1.82, 2.24) is 4.98 Å². The number of carbonyl (C=O) groups is 1. The summed E-state index contributed by atoms with van der Waals surface area (Å²) in [5, 5.41) is 3.09. The summed E-state index contributed by atoms with van der Waals surface area (Å²) in [5.41, 5.74) is 0.339. The lowest BCUT2D eigenvalue weighted by Crippen LogP contribution is -2.18. The minimum Gasteiger partial charge on any atom is -0.493 e. The molecule has 1 aromatic heterocycles. The normalized spacial score (nSPS) is 14.4. The maximum Gasteiger partial charge on any atom is 0.257 e. The van der Waals surface area contributed by atoms with E-state index in [1.54, 1.807) is 18.3 Å². The third-order valence-electron chi connectivity index (χ3n) is 4.90. The van der Waals surface area contributed by atoms with E-state index in [-0.39, 0.29) is 5.91 Å². The highest BCUT2D eigenvalue weighted by molar-refractivity contribution is 6.32. The second-order valence-corrected chi connectivity index (χ2v) is 7.22. The van der Waals surface area contributed by atoms with Gasteiger partial charge in [0.05, 0.1) is 25.8 Å². The van der Waals surface area contributed by atoms with Crippen molar-refractivity contribution in [3.05, 3.63) is 41.0 Å². The number of hydrogen-bond donors (Lipinski definition) is 1. The van der Waals surface area contributed by atoms with E-state index >= 15 is 0 Å². The number of nitrogens with zero attached hydrogens (tertiary/aromatic N) is 1. The summed E-state index contributed by atoms with van der Waals surface area (Å²) < 4.78 is 16.4. The second kappa shape index (κ2) is 9.64. The maximum atomic E-state index is 12.7. The lowest BCUT2D eigenvalue weighted by atomic mass is 9.90. The van der Waals surface area contributed by atoms with Crippen LogP contribution in [0.2, 0.25) is 5.02 Å². The summed E-state index contributed by atoms with van der Waals surface area (Å²) in [6, 6.07) is 6.71. The van der Waals surface area contributed by atoms with Gasteiger partial charge in [-0.3, -0.25) is 4.79 Å².